The lowest BCUT2D eigenvalue weighted by atomic mass is 9.87. The van der Waals surface area contributed by atoms with Gasteiger partial charge in [-0.2, -0.15) is 0 Å². The van der Waals surface area contributed by atoms with Gasteiger partial charge in [-0.3, -0.25) is 4.79 Å². The zero-order chi connectivity index (χ0) is 15.5. The maximum atomic E-state index is 12.1. The first kappa shape index (κ1) is 15.8. The van der Waals surface area contributed by atoms with Gasteiger partial charge in [0.2, 0.25) is 5.91 Å². The van der Waals surface area contributed by atoms with E-state index in [9.17, 15) is 4.79 Å². The molecule has 1 fully saturated rings. The van der Waals surface area contributed by atoms with E-state index in [1.165, 1.54) is 6.42 Å². The van der Waals surface area contributed by atoms with Gasteiger partial charge in [0.15, 0.2) is 0 Å². The summed E-state index contributed by atoms with van der Waals surface area (Å²) >= 11 is 0. The molecule has 0 aromatic heterocycles. The summed E-state index contributed by atoms with van der Waals surface area (Å²) in [5, 5.41) is 2.91. The van der Waals surface area contributed by atoms with E-state index in [0.29, 0.717) is 12.6 Å². The zero-order valence-electron chi connectivity index (χ0n) is 13.2. The number of ether oxygens (including phenoxy) is 1. The Morgan fingerprint density at radius 2 is 2.05 bits per heavy atom. The van der Waals surface area contributed by atoms with Crippen LogP contribution in [-0.2, 0) is 11.3 Å². The van der Waals surface area contributed by atoms with Crippen molar-refractivity contribution in [2.75, 3.05) is 0 Å². The number of nitrogens with two attached hydrogens (primary N) is 1. The van der Waals surface area contributed by atoms with Crippen molar-refractivity contribution in [3.8, 4) is 5.75 Å². The molecule has 0 spiro atoms. The van der Waals surface area contributed by atoms with Crippen LogP contribution in [0.4, 0.5) is 0 Å². The summed E-state index contributed by atoms with van der Waals surface area (Å²) in [7, 11) is 0. The molecular weight excluding hydrogens is 264 g/mol. The van der Waals surface area contributed by atoms with Crippen molar-refractivity contribution in [1.82, 2.24) is 5.32 Å². The first-order valence-corrected chi connectivity index (χ1v) is 7.66. The summed E-state index contributed by atoms with van der Waals surface area (Å²) in [5.74, 6) is 0.743. The molecule has 0 radical (unpaired) electrons. The van der Waals surface area contributed by atoms with Crippen molar-refractivity contribution in [2.24, 2.45) is 11.1 Å². The molecule has 1 aliphatic rings. The summed E-state index contributed by atoms with van der Waals surface area (Å²) in [5.41, 5.74) is 6.72. The SMILES string of the molecule is CC(C)(C)[C@H](N)C(=O)NCc1ccccc1OC1CCC1. The summed E-state index contributed by atoms with van der Waals surface area (Å²) in [4.78, 5) is 12.1. The van der Waals surface area contributed by atoms with Gasteiger partial charge in [-0.05, 0) is 30.7 Å². The van der Waals surface area contributed by atoms with Crippen molar-refractivity contribution in [3.05, 3.63) is 29.8 Å². The fourth-order valence-electron chi connectivity index (χ4n) is 2.12. The number of para-hydroxylation sites is 1. The zero-order valence-corrected chi connectivity index (χ0v) is 13.2. The fraction of sp³-hybridized carbons (Fsp3) is 0.588. The van der Waals surface area contributed by atoms with E-state index < -0.39 is 6.04 Å². The van der Waals surface area contributed by atoms with Gasteiger partial charge in [0.25, 0.3) is 0 Å². The molecule has 4 heteroatoms. The molecular formula is C17H26N2O2. The second-order valence-corrected chi connectivity index (χ2v) is 6.84. The molecule has 2 rings (SSSR count). The first-order chi connectivity index (χ1) is 9.88. The molecule has 1 atom stereocenters. The highest BCUT2D eigenvalue weighted by atomic mass is 16.5. The van der Waals surface area contributed by atoms with E-state index in [2.05, 4.69) is 5.32 Å². The average molecular weight is 290 g/mol. The quantitative estimate of drug-likeness (QED) is 0.876. The summed E-state index contributed by atoms with van der Waals surface area (Å²) in [6.07, 6.45) is 3.81. The van der Waals surface area contributed by atoms with Crippen LogP contribution in [0.3, 0.4) is 0 Å². The molecule has 1 aliphatic carbocycles. The summed E-state index contributed by atoms with van der Waals surface area (Å²) in [6, 6.07) is 7.34. The number of hydrogen-bond donors (Lipinski definition) is 2. The van der Waals surface area contributed by atoms with Gasteiger partial charge in [-0.25, -0.2) is 0 Å². The molecule has 0 aliphatic heterocycles. The minimum Gasteiger partial charge on any atom is -0.490 e. The van der Waals surface area contributed by atoms with Crippen LogP contribution in [0.1, 0.15) is 45.6 Å². The minimum atomic E-state index is -0.516. The third-order valence-electron chi connectivity index (χ3n) is 3.99. The third-order valence-corrected chi connectivity index (χ3v) is 3.99. The molecule has 0 unspecified atom stereocenters. The monoisotopic (exact) mass is 290 g/mol. The van der Waals surface area contributed by atoms with E-state index in [1.54, 1.807) is 0 Å². The lowest BCUT2D eigenvalue weighted by Crippen LogP contribution is -2.48. The maximum absolute atomic E-state index is 12.1. The van der Waals surface area contributed by atoms with Crippen LogP contribution in [0.15, 0.2) is 24.3 Å². The number of carbonyl (C=O) groups is 1. The van der Waals surface area contributed by atoms with Gasteiger partial charge in [0, 0.05) is 12.1 Å². The molecule has 21 heavy (non-hydrogen) atoms. The van der Waals surface area contributed by atoms with E-state index in [0.717, 1.165) is 24.2 Å². The number of hydrogen-bond acceptors (Lipinski definition) is 3. The van der Waals surface area contributed by atoms with Gasteiger partial charge in [-0.1, -0.05) is 39.0 Å². The highest BCUT2D eigenvalue weighted by Gasteiger charge is 2.27. The summed E-state index contributed by atoms with van der Waals surface area (Å²) < 4.78 is 5.96. The van der Waals surface area contributed by atoms with Crippen molar-refractivity contribution >= 4 is 5.91 Å². The molecule has 116 valence electrons. The van der Waals surface area contributed by atoms with E-state index in [4.69, 9.17) is 10.5 Å². The number of amides is 1. The Hall–Kier alpha value is -1.55. The first-order valence-electron chi connectivity index (χ1n) is 7.66. The Balaban J connectivity index is 1.95. The lowest BCUT2D eigenvalue weighted by Gasteiger charge is -2.28. The van der Waals surface area contributed by atoms with E-state index in [1.807, 2.05) is 45.0 Å². The second-order valence-electron chi connectivity index (χ2n) is 6.84. The van der Waals surface area contributed by atoms with Crippen LogP contribution in [0.5, 0.6) is 5.75 Å². The van der Waals surface area contributed by atoms with Gasteiger partial charge < -0.3 is 15.8 Å². The second kappa shape index (κ2) is 6.48. The average Bonchev–Trinajstić information content (AvgIpc) is 2.39. The number of carbonyl (C=O) groups excluding carboxylic acids is 1. The molecule has 0 heterocycles. The Morgan fingerprint density at radius 3 is 2.62 bits per heavy atom. The van der Waals surface area contributed by atoms with E-state index in [-0.39, 0.29) is 11.3 Å². The summed E-state index contributed by atoms with van der Waals surface area (Å²) in [6.45, 7) is 6.34. The predicted octanol–water partition coefficient (Wildman–Crippen LogP) is 2.61. The topological polar surface area (TPSA) is 64.4 Å². The number of benzene rings is 1. The standard InChI is InChI=1S/C17H26N2O2/c1-17(2,3)15(18)16(20)19-11-12-7-4-5-10-14(12)21-13-8-6-9-13/h4-5,7,10,13,15H,6,8-9,11,18H2,1-3H3,(H,19,20)/t15-/m1/s1. The van der Waals surface area contributed by atoms with Crippen LogP contribution in [0.2, 0.25) is 0 Å². The number of rotatable bonds is 5. The molecule has 4 nitrogen and oxygen atoms in total. The smallest absolute Gasteiger partial charge is 0.237 e. The Labute approximate surface area is 127 Å². The molecule has 1 aromatic rings. The highest BCUT2D eigenvalue weighted by molar-refractivity contribution is 5.82. The molecule has 0 bridgehead atoms. The van der Waals surface area contributed by atoms with Crippen LogP contribution in [0.25, 0.3) is 0 Å². The lowest BCUT2D eigenvalue weighted by molar-refractivity contribution is -0.124. The van der Waals surface area contributed by atoms with Crippen LogP contribution >= 0.6 is 0 Å². The largest absolute Gasteiger partial charge is 0.490 e. The Bertz CT molecular complexity index is 490. The molecule has 1 aromatic carbocycles. The maximum Gasteiger partial charge on any atom is 0.237 e. The molecule has 1 amide bonds. The molecule has 3 N–H and O–H groups in total. The van der Waals surface area contributed by atoms with Crippen molar-refractivity contribution in [3.63, 3.8) is 0 Å². The van der Waals surface area contributed by atoms with Crippen LogP contribution in [0, 0.1) is 5.41 Å². The van der Waals surface area contributed by atoms with Crippen LogP contribution in [-0.4, -0.2) is 18.1 Å². The van der Waals surface area contributed by atoms with Gasteiger partial charge in [0.05, 0.1) is 12.1 Å². The highest BCUT2D eigenvalue weighted by Crippen LogP contribution is 2.27. The molecule has 0 saturated heterocycles. The van der Waals surface area contributed by atoms with Gasteiger partial charge >= 0.3 is 0 Å². The Kier molecular flexibility index (Phi) is 4.88. The number of nitrogens with one attached hydrogen (secondary N) is 1. The van der Waals surface area contributed by atoms with E-state index >= 15 is 0 Å². The van der Waals surface area contributed by atoms with Gasteiger partial charge in [-0.15, -0.1) is 0 Å². The van der Waals surface area contributed by atoms with Crippen molar-refractivity contribution in [1.29, 1.82) is 0 Å². The van der Waals surface area contributed by atoms with Crippen molar-refractivity contribution < 1.29 is 9.53 Å². The van der Waals surface area contributed by atoms with Gasteiger partial charge in [0.1, 0.15) is 5.75 Å². The third kappa shape index (κ3) is 4.21. The predicted molar refractivity (Wildman–Crippen MR) is 84.0 cm³/mol. The van der Waals surface area contributed by atoms with Crippen molar-refractivity contribution in [2.45, 2.75) is 58.7 Å². The Morgan fingerprint density at radius 1 is 1.38 bits per heavy atom. The minimum absolute atomic E-state index is 0.124. The fourth-order valence-corrected chi connectivity index (χ4v) is 2.12. The molecule has 1 saturated carbocycles. The normalized spacial score (nSPS) is 17.0. The van der Waals surface area contributed by atoms with Crippen LogP contribution < -0.4 is 15.8 Å².